The highest BCUT2D eigenvalue weighted by Gasteiger charge is 2.05. The molecule has 1 amide bonds. The van der Waals surface area contributed by atoms with Crippen molar-refractivity contribution in [2.75, 3.05) is 25.5 Å². The number of rotatable bonds is 19. The zero-order valence-electron chi connectivity index (χ0n) is 19.2. The van der Waals surface area contributed by atoms with Gasteiger partial charge < -0.3 is 15.4 Å². The molecule has 30 heavy (non-hydrogen) atoms. The fourth-order valence-corrected chi connectivity index (χ4v) is 3.85. The topological polar surface area (TPSA) is 50.4 Å². The summed E-state index contributed by atoms with van der Waals surface area (Å²) in [7, 11) is 1.57. The lowest BCUT2D eigenvalue weighted by atomic mass is 10.0. The first-order valence-corrected chi connectivity index (χ1v) is 12.4. The molecule has 172 valence electrons. The zero-order chi connectivity index (χ0) is 21.9. The SMILES string of the molecule is CCCCCCCCCCCCCCCCNCC(=O)Nc1ccc(OC)c(Cl)c1. The first-order chi connectivity index (χ1) is 14.7. The Bertz CT molecular complexity index is 566. The third kappa shape index (κ3) is 13.9. The lowest BCUT2D eigenvalue weighted by molar-refractivity contribution is -0.115. The van der Waals surface area contributed by atoms with Gasteiger partial charge in [0.15, 0.2) is 0 Å². The van der Waals surface area contributed by atoms with Crippen LogP contribution in [0.3, 0.4) is 0 Å². The maximum atomic E-state index is 12.0. The molecular formula is C25H43ClN2O2. The second kappa shape index (κ2) is 18.5. The molecular weight excluding hydrogens is 396 g/mol. The molecule has 0 aromatic heterocycles. The van der Waals surface area contributed by atoms with Gasteiger partial charge in [0.2, 0.25) is 5.91 Å². The number of methoxy groups -OCH3 is 1. The van der Waals surface area contributed by atoms with Crippen molar-refractivity contribution in [3.63, 3.8) is 0 Å². The van der Waals surface area contributed by atoms with Crippen LogP contribution < -0.4 is 15.4 Å². The number of amides is 1. The molecule has 0 spiro atoms. The van der Waals surface area contributed by atoms with Crippen molar-refractivity contribution in [1.29, 1.82) is 0 Å². The number of anilines is 1. The third-order valence-corrected chi connectivity index (χ3v) is 5.72. The van der Waals surface area contributed by atoms with Crippen LogP contribution in [-0.2, 0) is 4.79 Å². The quantitative estimate of drug-likeness (QED) is 0.222. The molecule has 0 saturated heterocycles. The van der Waals surface area contributed by atoms with Crippen LogP contribution in [0.15, 0.2) is 18.2 Å². The minimum atomic E-state index is -0.0541. The largest absolute Gasteiger partial charge is 0.495 e. The molecule has 1 aromatic rings. The molecule has 1 rings (SSSR count). The predicted octanol–water partition coefficient (Wildman–Crippen LogP) is 7.36. The van der Waals surface area contributed by atoms with Crippen molar-refractivity contribution in [2.24, 2.45) is 0 Å². The zero-order valence-corrected chi connectivity index (χ0v) is 20.0. The molecule has 0 aliphatic heterocycles. The number of hydrogen-bond acceptors (Lipinski definition) is 3. The molecule has 0 saturated carbocycles. The van der Waals surface area contributed by atoms with Gasteiger partial charge in [0.25, 0.3) is 0 Å². The van der Waals surface area contributed by atoms with Gasteiger partial charge in [0.1, 0.15) is 5.75 Å². The maximum Gasteiger partial charge on any atom is 0.238 e. The number of unbranched alkanes of at least 4 members (excludes halogenated alkanes) is 13. The number of carbonyl (C=O) groups excluding carboxylic acids is 1. The Kier molecular flexibility index (Phi) is 16.5. The molecule has 0 aliphatic rings. The molecule has 0 bridgehead atoms. The van der Waals surface area contributed by atoms with Crippen molar-refractivity contribution in [2.45, 2.75) is 96.8 Å². The van der Waals surface area contributed by atoms with Crippen LogP contribution in [0.4, 0.5) is 5.69 Å². The number of benzene rings is 1. The van der Waals surface area contributed by atoms with Crippen LogP contribution >= 0.6 is 11.6 Å². The first-order valence-electron chi connectivity index (χ1n) is 12.0. The smallest absolute Gasteiger partial charge is 0.238 e. The van der Waals surface area contributed by atoms with E-state index in [-0.39, 0.29) is 5.91 Å². The minimum Gasteiger partial charge on any atom is -0.495 e. The van der Waals surface area contributed by atoms with E-state index in [0.29, 0.717) is 23.0 Å². The fraction of sp³-hybridized carbons (Fsp3) is 0.720. The summed E-state index contributed by atoms with van der Waals surface area (Å²) in [5.74, 6) is 0.548. The van der Waals surface area contributed by atoms with Crippen molar-refractivity contribution in [1.82, 2.24) is 5.32 Å². The number of hydrogen-bond donors (Lipinski definition) is 2. The van der Waals surface area contributed by atoms with Crippen molar-refractivity contribution in [3.05, 3.63) is 23.2 Å². The van der Waals surface area contributed by atoms with Gasteiger partial charge in [-0.3, -0.25) is 4.79 Å². The highest BCUT2D eigenvalue weighted by Crippen LogP contribution is 2.27. The highest BCUT2D eigenvalue weighted by atomic mass is 35.5. The molecule has 0 unspecified atom stereocenters. The summed E-state index contributed by atoms with van der Waals surface area (Å²) >= 11 is 6.07. The Morgan fingerprint density at radius 1 is 0.867 bits per heavy atom. The van der Waals surface area contributed by atoms with Crippen LogP contribution in [0.2, 0.25) is 5.02 Å². The van der Waals surface area contributed by atoms with Crippen LogP contribution in [-0.4, -0.2) is 26.1 Å². The monoisotopic (exact) mass is 438 g/mol. The lowest BCUT2D eigenvalue weighted by Gasteiger charge is -2.09. The van der Waals surface area contributed by atoms with E-state index in [0.717, 1.165) is 13.0 Å². The molecule has 0 fully saturated rings. The van der Waals surface area contributed by atoms with E-state index in [4.69, 9.17) is 16.3 Å². The second-order valence-electron chi connectivity index (χ2n) is 8.17. The van der Waals surface area contributed by atoms with Crippen molar-refractivity contribution < 1.29 is 9.53 Å². The van der Waals surface area contributed by atoms with Crippen LogP contribution in [0.25, 0.3) is 0 Å². The summed E-state index contributed by atoms with van der Waals surface area (Å²) in [5.41, 5.74) is 0.684. The summed E-state index contributed by atoms with van der Waals surface area (Å²) in [4.78, 5) is 12.0. The highest BCUT2D eigenvalue weighted by molar-refractivity contribution is 6.32. The number of halogens is 1. The van der Waals surface area contributed by atoms with E-state index < -0.39 is 0 Å². The van der Waals surface area contributed by atoms with Gasteiger partial charge in [-0.15, -0.1) is 0 Å². The predicted molar refractivity (Wildman–Crippen MR) is 130 cm³/mol. The summed E-state index contributed by atoms with van der Waals surface area (Å²) in [6.45, 7) is 3.48. The average molecular weight is 439 g/mol. The van der Waals surface area contributed by atoms with Crippen LogP contribution in [0.1, 0.15) is 96.8 Å². The molecule has 4 nitrogen and oxygen atoms in total. The van der Waals surface area contributed by atoms with Crippen LogP contribution in [0, 0.1) is 0 Å². The first kappa shape index (κ1) is 26.8. The normalized spacial score (nSPS) is 10.9. The molecule has 0 radical (unpaired) electrons. The number of nitrogens with one attached hydrogen (secondary N) is 2. The molecule has 5 heteroatoms. The molecule has 0 aliphatic carbocycles. The van der Waals surface area contributed by atoms with E-state index in [2.05, 4.69) is 17.6 Å². The molecule has 0 heterocycles. The Hall–Kier alpha value is -1.26. The minimum absolute atomic E-state index is 0.0541. The number of ether oxygens (including phenoxy) is 1. The van der Waals surface area contributed by atoms with Gasteiger partial charge in [-0.25, -0.2) is 0 Å². The van der Waals surface area contributed by atoms with E-state index in [1.165, 1.54) is 83.5 Å². The molecule has 0 atom stereocenters. The van der Waals surface area contributed by atoms with Gasteiger partial charge in [-0.2, -0.15) is 0 Å². The van der Waals surface area contributed by atoms with Gasteiger partial charge in [0.05, 0.1) is 18.7 Å². The summed E-state index contributed by atoms with van der Waals surface area (Å²) in [5, 5.41) is 6.55. The van der Waals surface area contributed by atoms with Crippen LogP contribution in [0.5, 0.6) is 5.75 Å². The van der Waals surface area contributed by atoms with E-state index >= 15 is 0 Å². The average Bonchev–Trinajstić information content (AvgIpc) is 2.73. The van der Waals surface area contributed by atoms with Gasteiger partial charge in [-0.1, -0.05) is 102 Å². The lowest BCUT2D eigenvalue weighted by Crippen LogP contribution is -2.28. The van der Waals surface area contributed by atoms with Crippen molar-refractivity contribution in [3.8, 4) is 5.75 Å². The second-order valence-corrected chi connectivity index (χ2v) is 8.58. The molecule has 2 N–H and O–H groups in total. The summed E-state index contributed by atoms with van der Waals surface area (Å²) in [6, 6.07) is 5.24. The maximum absolute atomic E-state index is 12.0. The Labute approximate surface area is 189 Å². The fourth-order valence-electron chi connectivity index (χ4n) is 3.60. The van der Waals surface area contributed by atoms with E-state index in [1.807, 2.05) is 0 Å². The third-order valence-electron chi connectivity index (χ3n) is 5.43. The van der Waals surface area contributed by atoms with Gasteiger partial charge >= 0.3 is 0 Å². The van der Waals surface area contributed by atoms with E-state index in [9.17, 15) is 4.79 Å². The number of carbonyl (C=O) groups is 1. The Balaban J connectivity index is 1.87. The standard InChI is InChI=1S/C25H43ClN2O2/c1-3-4-5-6-7-8-9-10-11-12-13-14-15-16-19-27-21-25(29)28-22-17-18-24(30-2)23(26)20-22/h17-18,20,27H,3-16,19,21H2,1-2H3,(H,28,29). The van der Waals surface area contributed by atoms with Crippen molar-refractivity contribution >= 4 is 23.2 Å². The Morgan fingerprint density at radius 2 is 1.40 bits per heavy atom. The van der Waals surface area contributed by atoms with Gasteiger partial charge in [-0.05, 0) is 31.2 Å². The Morgan fingerprint density at radius 3 is 1.90 bits per heavy atom. The molecule has 1 aromatic carbocycles. The summed E-state index contributed by atoms with van der Waals surface area (Å²) in [6.07, 6.45) is 19.0. The van der Waals surface area contributed by atoms with E-state index in [1.54, 1.807) is 25.3 Å². The summed E-state index contributed by atoms with van der Waals surface area (Å²) < 4.78 is 5.11. The van der Waals surface area contributed by atoms with Gasteiger partial charge in [0, 0.05) is 5.69 Å².